The molecule has 3 unspecified atom stereocenters. The maximum absolute atomic E-state index is 14.1. The van der Waals surface area contributed by atoms with Gasteiger partial charge in [0.05, 0.1) is 25.2 Å². The summed E-state index contributed by atoms with van der Waals surface area (Å²) in [6.45, 7) is 1.18. The standard InChI is InChI=1S/C21H20F4N2O2/c1-19(9-8-13-15(26)4-3-5-16(13)27-19)18(20(11-29-20)21(23,24)25)12-6-7-14(22)17(10-12)28-2/h3-10,18,27H,11,26H2,1-2H3. The number of methoxy groups -OCH3 is 1. The molecule has 0 spiro atoms. The number of epoxide rings is 1. The predicted molar refractivity (Wildman–Crippen MR) is 102 cm³/mol. The van der Waals surface area contributed by atoms with Gasteiger partial charge >= 0.3 is 6.18 Å². The molecule has 2 aromatic carbocycles. The van der Waals surface area contributed by atoms with Crippen LogP contribution >= 0.6 is 0 Å². The second-order valence-corrected chi connectivity index (χ2v) is 7.55. The highest BCUT2D eigenvalue weighted by molar-refractivity contribution is 5.81. The van der Waals surface area contributed by atoms with Crippen LogP contribution in [0.15, 0.2) is 42.5 Å². The summed E-state index contributed by atoms with van der Waals surface area (Å²) in [4.78, 5) is 0. The molecular weight excluding hydrogens is 388 g/mol. The smallest absolute Gasteiger partial charge is 0.420 e. The maximum atomic E-state index is 14.1. The number of anilines is 2. The number of nitrogen functional groups attached to an aromatic ring is 1. The van der Waals surface area contributed by atoms with Gasteiger partial charge in [0.2, 0.25) is 0 Å². The van der Waals surface area contributed by atoms with Gasteiger partial charge in [0.1, 0.15) is 0 Å². The lowest BCUT2D eigenvalue weighted by Gasteiger charge is -2.43. The molecule has 3 atom stereocenters. The third-order valence-electron chi connectivity index (χ3n) is 5.65. The van der Waals surface area contributed by atoms with Crippen molar-refractivity contribution in [2.45, 2.75) is 30.2 Å². The van der Waals surface area contributed by atoms with Crippen LogP contribution in [-0.4, -0.2) is 31.0 Å². The van der Waals surface area contributed by atoms with Crippen molar-refractivity contribution in [2.75, 3.05) is 24.8 Å². The minimum atomic E-state index is -4.62. The van der Waals surface area contributed by atoms with Gasteiger partial charge in [-0.05, 0) is 36.8 Å². The Morgan fingerprint density at radius 3 is 2.59 bits per heavy atom. The van der Waals surface area contributed by atoms with Gasteiger partial charge in [-0.25, -0.2) is 4.39 Å². The van der Waals surface area contributed by atoms with Crippen LogP contribution in [0.3, 0.4) is 0 Å². The Hall–Kier alpha value is -2.74. The van der Waals surface area contributed by atoms with E-state index < -0.39 is 35.7 Å². The fourth-order valence-electron chi connectivity index (χ4n) is 4.16. The highest BCUT2D eigenvalue weighted by Gasteiger charge is 2.73. The second kappa shape index (κ2) is 6.38. The summed E-state index contributed by atoms with van der Waals surface area (Å²) in [5.41, 5.74) is 4.51. The molecule has 0 bridgehead atoms. The summed E-state index contributed by atoms with van der Waals surface area (Å²) in [5.74, 6) is -1.97. The van der Waals surface area contributed by atoms with Gasteiger partial charge in [0, 0.05) is 16.9 Å². The topological polar surface area (TPSA) is 59.8 Å². The largest absolute Gasteiger partial charge is 0.494 e. The summed E-state index contributed by atoms with van der Waals surface area (Å²) in [7, 11) is 1.27. The molecule has 2 aliphatic rings. The molecule has 2 aromatic rings. The second-order valence-electron chi connectivity index (χ2n) is 7.55. The summed E-state index contributed by atoms with van der Waals surface area (Å²) >= 11 is 0. The molecule has 0 radical (unpaired) electrons. The Bertz CT molecular complexity index is 985. The molecule has 0 aliphatic carbocycles. The van der Waals surface area contributed by atoms with Gasteiger partial charge in [0.25, 0.3) is 0 Å². The van der Waals surface area contributed by atoms with Gasteiger partial charge in [-0.15, -0.1) is 0 Å². The third-order valence-corrected chi connectivity index (χ3v) is 5.65. The highest BCUT2D eigenvalue weighted by atomic mass is 19.4. The van der Waals surface area contributed by atoms with Crippen LogP contribution in [0.4, 0.5) is 28.9 Å². The molecule has 1 saturated heterocycles. The van der Waals surface area contributed by atoms with E-state index in [1.165, 1.54) is 19.2 Å². The maximum Gasteiger partial charge on any atom is 0.420 e. The zero-order chi connectivity index (χ0) is 21.0. The number of ether oxygens (including phenoxy) is 2. The molecule has 2 aliphatic heterocycles. The zero-order valence-electron chi connectivity index (χ0n) is 15.8. The Morgan fingerprint density at radius 1 is 1.24 bits per heavy atom. The summed E-state index contributed by atoms with van der Waals surface area (Å²) in [6.07, 6.45) is -1.25. The van der Waals surface area contributed by atoms with Crippen molar-refractivity contribution in [1.29, 1.82) is 0 Å². The first-order valence-electron chi connectivity index (χ1n) is 9.01. The monoisotopic (exact) mass is 408 g/mol. The van der Waals surface area contributed by atoms with E-state index >= 15 is 0 Å². The minimum absolute atomic E-state index is 0.126. The Balaban J connectivity index is 1.87. The van der Waals surface area contributed by atoms with Gasteiger partial charge in [-0.1, -0.05) is 24.3 Å². The molecule has 1 fully saturated rings. The number of halogens is 4. The van der Waals surface area contributed by atoms with E-state index in [-0.39, 0.29) is 11.3 Å². The number of hydrogen-bond acceptors (Lipinski definition) is 4. The summed E-state index contributed by atoms with van der Waals surface area (Å²) in [6, 6.07) is 8.94. The average Bonchev–Trinajstić information content (AvgIpc) is 3.44. The molecule has 0 amide bonds. The van der Waals surface area contributed by atoms with Crippen molar-refractivity contribution in [3.05, 3.63) is 59.4 Å². The fourth-order valence-corrected chi connectivity index (χ4v) is 4.16. The number of nitrogens with two attached hydrogens (primary N) is 1. The van der Waals surface area contributed by atoms with Crippen molar-refractivity contribution in [3.8, 4) is 5.75 Å². The van der Waals surface area contributed by atoms with Crippen LogP contribution in [0, 0.1) is 5.82 Å². The van der Waals surface area contributed by atoms with E-state index in [1.807, 2.05) is 0 Å². The third kappa shape index (κ3) is 3.02. The number of hydrogen-bond donors (Lipinski definition) is 2. The van der Waals surface area contributed by atoms with Crippen LogP contribution in [0.2, 0.25) is 0 Å². The molecule has 4 nitrogen and oxygen atoms in total. The van der Waals surface area contributed by atoms with Crippen molar-refractivity contribution in [1.82, 2.24) is 0 Å². The van der Waals surface area contributed by atoms with E-state index in [9.17, 15) is 17.6 Å². The molecule has 4 rings (SSSR count). The molecular formula is C21H20F4N2O2. The van der Waals surface area contributed by atoms with Crippen molar-refractivity contribution in [3.63, 3.8) is 0 Å². The van der Waals surface area contributed by atoms with E-state index in [1.54, 1.807) is 37.3 Å². The quantitative estimate of drug-likeness (QED) is 0.436. The van der Waals surface area contributed by atoms with Crippen LogP contribution in [-0.2, 0) is 4.74 Å². The van der Waals surface area contributed by atoms with Crippen molar-refractivity contribution >= 4 is 17.5 Å². The van der Waals surface area contributed by atoms with Gasteiger partial charge in [0.15, 0.2) is 17.2 Å². The first-order chi connectivity index (χ1) is 13.6. The zero-order valence-corrected chi connectivity index (χ0v) is 15.8. The number of nitrogens with one attached hydrogen (secondary N) is 1. The fraction of sp³-hybridized carbons (Fsp3) is 0.333. The lowest BCUT2D eigenvalue weighted by molar-refractivity contribution is -0.193. The van der Waals surface area contributed by atoms with Gasteiger partial charge in [-0.2, -0.15) is 13.2 Å². The van der Waals surface area contributed by atoms with E-state index in [2.05, 4.69) is 5.32 Å². The first kappa shape index (κ1) is 19.6. The van der Waals surface area contributed by atoms with E-state index in [0.717, 1.165) is 6.07 Å². The molecule has 29 heavy (non-hydrogen) atoms. The van der Waals surface area contributed by atoms with E-state index in [4.69, 9.17) is 15.2 Å². The number of fused-ring (bicyclic) bond motifs is 1. The average molecular weight is 408 g/mol. The Kier molecular flexibility index (Phi) is 4.31. The Labute approximate surface area is 165 Å². The molecule has 0 aromatic heterocycles. The lowest BCUT2D eigenvalue weighted by Crippen LogP contribution is -2.52. The van der Waals surface area contributed by atoms with Crippen LogP contribution in [0.1, 0.15) is 24.0 Å². The number of alkyl halides is 3. The predicted octanol–water partition coefficient (Wildman–Crippen LogP) is 4.73. The molecule has 0 saturated carbocycles. The number of benzene rings is 2. The lowest BCUT2D eigenvalue weighted by atomic mass is 9.70. The SMILES string of the molecule is COc1cc(C(C2(C)C=Cc3c(N)cccc3N2)C2(C(F)(F)F)CO2)ccc1F. The molecule has 8 heteroatoms. The molecule has 154 valence electrons. The molecule has 2 heterocycles. The van der Waals surface area contributed by atoms with Crippen LogP contribution in [0.5, 0.6) is 5.75 Å². The van der Waals surface area contributed by atoms with Gasteiger partial charge < -0.3 is 20.5 Å². The summed E-state index contributed by atoms with van der Waals surface area (Å²) in [5, 5.41) is 3.20. The van der Waals surface area contributed by atoms with Crippen molar-refractivity contribution < 1.29 is 27.0 Å². The Morgan fingerprint density at radius 2 is 1.97 bits per heavy atom. The van der Waals surface area contributed by atoms with Gasteiger partial charge in [-0.3, -0.25) is 0 Å². The highest BCUT2D eigenvalue weighted by Crippen LogP contribution is 2.58. The summed E-state index contributed by atoms with van der Waals surface area (Å²) < 4.78 is 66.2. The van der Waals surface area contributed by atoms with Crippen LogP contribution in [0.25, 0.3) is 6.08 Å². The van der Waals surface area contributed by atoms with E-state index in [0.29, 0.717) is 16.9 Å². The van der Waals surface area contributed by atoms with Crippen LogP contribution < -0.4 is 15.8 Å². The minimum Gasteiger partial charge on any atom is -0.494 e. The first-order valence-corrected chi connectivity index (χ1v) is 9.01. The molecule has 3 N–H and O–H groups in total. The van der Waals surface area contributed by atoms with Crippen molar-refractivity contribution in [2.24, 2.45) is 0 Å². The number of rotatable bonds is 4. The normalized spacial score (nSPS) is 26.4.